The van der Waals surface area contributed by atoms with Crippen molar-refractivity contribution in [2.24, 2.45) is 7.05 Å². The third kappa shape index (κ3) is 3.13. The molecule has 0 aliphatic heterocycles. The molecule has 0 spiro atoms. The summed E-state index contributed by atoms with van der Waals surface area (Å²) in [5.41, 5.74) is -1.04. The van der Waals surface area contributed by atoms with E-state index in [4.69, 9.17) is 0 Å². The summed E-state index contributed by atoms with van der Waals surface area (Å²) in [6.07, 6.45) is -3.44. The van der Waals surface area contributed by atoms with Crippen LogP contribution in [0.3, 0.4) is 0 Å². The van der Waals surface area contributed by atoms with Crippen molar-refractivity contribution in [3.8, 4) is 0 Å². The van der Waals surface area contributed by atoms with Gasteiger partial charge in [0.15, 0.2) is 5.69 Å². The largest absolute Gasteiger partial charge is 0.435 e. The number of aryl methyl sites for hydroxylation is 2. The number of nitrogens with one attached hydrogen (secondary N) is 1. The summed E-state index contributed by atoms with van der Waals surface area (Å²) in [5, 5.41) is 9.55. The first-order chi connectivity index (χ1) is 9.25. The number of carbonyl (C=O) groups excluding carboxylic acids is 1. The van der Waals surface area contributed by atoms with E-state index in [1.165, 1.54) is 4.68 Å². The summed E-state index contributed by atoms with van der Waals surface area (Å²) in [7, 11) is 1.65. The Kier molecular flexibility index (Phi) is 3.47. The zero-order valence-corrected chi connectivity index (χ0v) is 10.6. The Bertz CT molecular complexity index is 610. The molecular weight excluding hydrogens is 277 g/mol. The molecule has 0 aromatic carbocycles. The molecule has 2 rings (SSSR count). The first-order valence-corrected chi connectivity index (χ1v) is 5.54. The maximum absolute atomic E-state index is 12.3. The van der Waals surface area contributed by atoms with Gasteiger partial charge in [-0.3, -0.25) is 19.5 Å². The first kappa shape index (κ1) is 14.0. The highest BCUT2D eigenvalue weighted by Crippen LogP contribution is 2.27. The van der Waals surface area contributed by atoms with Gasteiger partial charge in [0, 0.05) is 13.2 Å². The van der Waals surface area contributed by atoms with Crippen LogP contribution in [0.15, 0.2) is 12.3 Å². The van der Waals surface area contributed by atoms with Crippen LogP contribution in [0.5, 0.6) is 0 Å². The van der Waals surface area contributed by atoms with Gasteiger partial charge in [-0.1, -0.05) is 0 Å². The summed E-state index contributed by atoms with van der Waals surface area (Å²) in [6, 6.07) is 0.802. The molecule has 1 amide bonds. The lowest BCUT2D eigenvalue weighted by atomic mass is 10.4. The number of carbonyl (C=O) groups is 1. The van der Waals surface area contributed by atoms with Crippen LogP contribution in [0.4, 0.5) is 19.1 Å². The number of hydrogen-bond donors (Lipinski definition) is 1. The Morgan fingerprint density at radius 1 is 1.40 bits per heavy atom. The van der Waals surface area contributed by atoms with Crippen molar-refractivity contribution in [3.63, 3.8) is 0 Å². The van der Waals surface area contributed by atoms with Crippen molar-refractivity contribution >= 4 is 11.9 Å². The number of alkyl halides is 3. The van der Waals surface area contributed by atoms with Crippen molar-refractivity contribution in [2.45, 2.75) is 19.6 Å². The molecule has 1 N–H and O–H groups in total. The predicted octanol–water partition coefficient (Wildman–Crippen LogP) is 0.978. The van der Waals surface area contributed by atoms with Crippen LogP contribution in [-0.4, -0.2) is 30.5 Å². The van der Waals surface area contributed by atoms with Gasteiger partial charge in [0.1, 0.15) is 12.4 Å². The minimum absolute atomic E-state index is 0.0956. The van der Waals surface area contributed by atoms with Gasteiger partial charge in [0.05, 0.1) is 0 Å². The lowest BCUT2D eigenvalue weighted by Crippen LogP contribution is -2.20. The lowest BCUT2D eigenvalue weighted by molar-refractivity contribution is -0.141. The van der Waals surface area contributed by atoms with Gasteiger partial charge in [0.2, 0.25) is 11.9 Å². The van der Waals surface area contributed by atoms with Gasteiger partial charge >= 0.3 is 6.18 Å². The smallest absolute Gasteiger partial charge is 0.292 e. The van der Waals surface area contributed by atoms with Crippen LogP contribution >= 0.6 is 0 Å². The van der Waals surface area contributed by atoms with Crippen molar-refractivity contribution in [2.75, 3.05) is 5.32 Å². The fourth-order valence-electron chi connectivity index (χ4n) is 1.43. The fourth-order valence-corrected chi connectivity index (χ4v) is 1.43. The van der Waals surface area contributed by atoms with Gasteiger partial charge in [-0.05, 0) is 13.0 Å². The van der Waals surface area contributed by atoms with E-state index in [0.717, 1.165) is 16.9 Å². The van der Waals surface area contributed by atoms with Crippen molar-refractivity contribution in [1.82, 2.24) is 24.5 Å². The molecule has 2 heterocycles. The topological polar surface area (TPSA) is 77.6 Å². The highest BCUT2D eigenvalue weighted by molar-refractivity contribution is 5.88. The fraction of sp³-hybridized carbons (Fsp3) is 0.400. The monoisotopic (exact) mass is 288 g/mol. The molecule has 10 heteroatoms. The molecule has 0 saturated heterocycles. The van der Waals surface area contributed by atoms with Crippen LogP contribution in [-0.2, 0) is 24.6 Å². The van der Waals surface area contributed by atoms with E-state index in [1.807, 2.05) is 0 Å². The van der Waals surface area contributed by atoms with Gasteiger partial charge in [0.25, 0.3) is 0 Å². The van der Waals surface area contributed by atoms with Crippen molar-refractivity contribution in [1.29, 1.82) is 0 Å². The number of hydrogen-bond acceptors (Lipinski definition) is 4. The summed E-state index contributed by atoms with van der Waals surface area (Å²) < 4.78 is 39.4. The molecule has 7 nitrogen and oxygen atoms in total. The number of anilines is 1. The molecule has 2 aromatic rings. The maximum atomic E-state index is 12.3. The molecule has 0 aliphatic rings. The molecule has 0 radical (unpaired) electrons. The normalized spacial score (nSPS) is 11.7. The minimum Gasteiger partial charge on any atom is -0.292 e. The number of amides is 1. The third-order valence-electron chi connectivity index (χ3n) is 2.47. The summed E-state index contributed by atoms with van der Waals surface area (Å²) in [6.45, 7) is 1.35. The zero-order chi connectivity index (χ0) is 14.9. The lowest BCUT2D eigenvalue weighted by Gasteiger charge is -2.02. The van der Waals surface area contributed by atoms with Crippen LogP contribution in [0.1, 0.15) is 11.5 Å². The number of aromatic nitrogens is 5. The molecule has 0 fully saturated rings. The second kappa shape index (κ2) is 4.94. The van der Waals surface area contributed by atoms with Crippen LogP contribution in [0.25, 0.3) is 0 Å². The summed E-state index contributed by atoms with van der Waals surface area (Å²) in [5.74, 6) is 0.129. The predicted molar refractivity (Wildman–Crippen MR) is 61.6 cm³/mol. The van der Waals surface area contributed by atoms with Gasteiger partial charge in [-0.2, -0.15) is 23.3 Å². The number of nitrogens with zero attached hydrogens (tertiary/aromatic N) is 5. The molecule has 0 aliphatic carbocycles. The molecular formula is C10H11F3N6O. The Labute approximate surface area is 111 Å². The van der Waals surface area contributed by atoms with Gasteiger partial charge < -0.3 is 0 Å². The maximum Gasteiger partial charge on any atom is 0.435 e. The van der Waals surface area contributed by atoms with Crippen molar-refractivity contribution < 1.29 is 18.0 Å². The van der Waals surface area contributed by atoms with Gasteiger partial charge in [-0.25, -0.2) is 0 Å². The molecule has 0 saturated carbocycles. The quantitative estimate of drug-likeness (QED) is 0.913. The van der Waals surface area contributed by atoms with E-state index >= 15 is 0 Å². The Morgan fingerprint density at radius 3 is 2.60 bits per heavy atom. The van der Waals surface area contributed by atoms with E-state index in [-0.39, 0.29) is 12.5 Å². The number of rotatable bonds is 3. The molecule has 0 bridgehead atoms. The van der Waals surface area contributed by atoms with Crippen LogP contribution < -0.4 is 5.32 Å². The molecule has 0 unspecified atom stereocenters. The molecule has 2 aromatic heterocycles. The first-order valence-electron chi connectivity index (χ1n) is 5.54. The van der Waals surface area contributed by atoms with Gasteiger partial charge in [-0.15, -0.1) is 5.10 Å². The SMILES string of the molecule is Cc1nc(NC(=O)Cn2ccc(C(F)(F)F)n2)nn1C. The second-order valence-corrected chi connectivity index (χ2v) is 4.05. The number of halogens is 3. The minimum atomic E-state index is -4.53. The average Bonchev–Trinajstić information content (AvgIpc) is 2.86. The molecule has 20 heavy (non-hydrogen) atoms. The Hall–Kier alpha value is -2.39. The van der Waals surface area contributed by atoms with Crippen molar-refractivity contribution in [3.05, 3.63) is 23.8 Å². The summed E-state index contributed by atoms with van der Waals surface area (Å²) in [4.78, 5) is 15.6. The molecule has 0 atom stereocenters. The Morgan fingerprint density at radius 2 is 2.10 bits per heavy atom. The average molecular weight is 288 g/mol. The van der Waals surface area contributed by atoms with Crippen LogP contribution in [0.2, 0.25) is 0 Å². The second-order valence-electron chi connectivity index (χ2n) is 4.05. The highest BCUT2D eigenvalue weighted by Gasteiger charge is 2.33. The molecule has 108 valence electrons. The summed E-state index contributed by atoms with van der Waals surface area (Å²) >= 11 is 0. The van der Waals surface area contributed by atoms with Crippen LogP contribution in [0, 0.1) is 6.92 Å². The zero-order valence-electron chi connectivity index (χ0n) is 10.6. The van der Waals surface area contributed by atoms with E-state index < -0.39 is 17.8 Å². The standard InChI is InChI=1S/C10H11F3N6O/c1-6-14-9(17-18(6)2)15-8(20)5-19-4-3-7(16-19)10(11,12)13/h3-4H,5H2,1-2H3,(H,15,17,20). The van der Waals surface area contributed by atoms with E-state index in [9.17, 15) is 18.0 Å². The highest BCUT2D eigenvalue weighted by atomic mass is 19.4. The Balaban J connectivity index is 1.99. The van der Waals surface area contributed by atoms with E-state index in [0.29, 0.717) is 5.82 Å². The third-order valence-corrected chi connectivity index (χ3v) is 2.47. The van der Waals surface area contributed by atoms with E-state index in [2.05, 4.69) is 20.5 Å². The van der Waals surface area contributed by atoms with E-state index in [1.54, 1.807) is 14.0 Å².